The maximum Gasteiger partial charge on any atom is 0.256 e. The average molecular weight is 348 g/mol. The smallest absolute Gasteiger partial charge is 0.256 e. The molecule has 1 aliphatic rings. The van der Waals surface area contributed by atoms with Gasteiger partial charge in [-0.15, -0.1) is 11.3 Å². The van der Waals surface area contributed by atoms with Crippen LogP contribution < -0.4 is 5.32 Å². The van der Waals surface area contributed by atoms with Crippen LogP contribution in [0.1, 0.15) is 20.8 Å². The first-order valence-electron chi connectivity index (χ1n) is 5.98. The van der Waals surface area contributed by atoms with Crippen LogP contribution in [0.5, 0.6) is 0 Å². The van der Waals surface area contributed by atoms with Crippen LogP contribution in [0.25, 0.3) is 5.57 Å². The second-order valence-electron chi connectivity index (χ2n) is 4.53. The Kier molecular flexibility index (Phi) is 3.31. The third-order valence-electron chi connectivity index (χ3n) is 3.05. The fourth-order valence-electron chi connectivity index (χ4n) is 2.09. The van der Waals surface area contributed by atoms with Crippen LogP contribution in [0.3, 0.4) is 0 Å². The second-order valence-corrected chi connectivity index (χ2v) is 6.99. The van der Waals surface area contributed by atoms with E-state index in [9.17, 15) is 9.59 Å². The van der Waals surface area contributed by atoms with Crippen LogP contribution in [0.15, 0.2) is 40.2 Å². The molecule has 20 heavy (non-hydrogen) atoms. The Morgan fingerprint density at radius 3 is 2.80 bits per heavy atom. The average Bonchev–Trinajstić information content (AvgIpc) is 2.95. The molecular formula is C15H10BrNO2S. The maximum absolute atomic E-state index is 12.2. The molecule has 1 N–H and O–H groups in total. The largest absolute Gasteiger partial charge is 0.321 e. The summed E-state index contributed by atoms with van der Waals surface area (Å²) >= 11 is 4.68. The summed E-state index contributed by atoms with van der Waals surface area (Å²) in [6, 6.07) is 9.27. The quantitative estimate of drug-likeness (QED) is 0.658. The van der Waals surface area contributed by atoms with Crippen molar-refractivity contribution in [1.82, 2.24) is 0 Å². The number of thiophene rings is 1. The lowest BCUT2D eigenvalue weighted by Crippen LogP contribution is -2.05. The van der Waals surface area contributed by atoms with Gasteiger partial charge in [0.15, 0.2) is 5.78 Å². The van der Waals surface area contributed by atoms with Crippen molar-refractivity contribution in [3.8, 4) is 0 Å². The molecule has 2 heterocycles. The maximum atomic E-state index is 12.2. The van der Waals surface area contributed by atoms with Gasteiger partial charge in [-0.3, -0.25) is 9.59 Å². The monoisotopic (exact) mass is 347 g/mol. The Balaban J connectivity index is 2.02. The zero-order chi connectivity index (χ0) is 14.3. The number of ketones is 1. The van der Waals surface area contributed by atoms with Crippen LogP contribution in [0, 0.1) is 6.92 Å². The molecule has 0 saturated heterocycles. The minimum Gasteiger partial charge on any atom is -0.321 e. The molecule has 0 fully saturated rings. The normalized spacial score (nSPS) is 15.3. The second kappa shape index (κ2) is 5.00. The Labute approximate surface area is 128 Å². The Morgan fingerprint density at radius 1 is 1.30 bits per heavy atom. The molecule has 5 heteroatoms. The number of carbonyl (C=O) groups is 2. The fourth-order valence-corrected chi connectivity index (χ4v) is 3.39. The highest BCUT2D eigenvalue weighted by Crippen LogP contribution is 2.33. The molecular weight excluding hydrogens is 338 g/mol. The molecule has 0 saturated carbocycles. The van der Waals surface area contributed by atoms with Gasteiger partial charge >= 0.3 is 0 Å². The summed E-state index contributed by atoms with van der Waals surface area (Å²) in [6.45, 7) is 1.96. The van der Waals surface area contributed by atoms with E-state index in [1.807, 2.05) is 31.2 Å². The standard InChI is InChI=1S/C15H10BrNO2S/c1-8-2-3-11-9(6-8)10(15(19)17-11)7-12(18)13-4-5-14(16)20-13/h2-7H,1H3,(H,17,19). The lowest BCUT2D eigenvalue weighted by atomic mass is 10.0. The van der Waals surface area contributed by atoms with Gasteiger partial charge in [0.2, 0.25) is 0 Å². The third-order valence-corrected chi connectivity index (χ3v) is 4.69. The highest BCUT2D eigenvalue weighted by atomic mass is 79.9. The first kappa shape index (κ1) is 13.3. The summed E-state index contributed by atoms with van der Waals surface area (Å²) in [7, 11) is 0. The van der Waals surface area contributed by atoms with Crippen molar-refractivity contribution in [3.63, 3.8) is 0 Å². The van der Waals surface area contributed by atoms with E-state index in [2.05, 4.69) is 21.2 Å². The number of nitrogens with one attached hydrogen (secondary N) is 1. The number of fused-ring (bicyclic) bond motifs is 1. The summed E-state index contributed by atoms with van der Waals surface area (Å²) in [5, 5.41) is 2.77. The van der Waals surface area contributed by atoms with Gasteiger partial charge in [0.25, 0.3) is 5.91 Å². The van der Waals surface area contributed by atoms with Crippen molar-refractivity contribution in [1.29, 1.82) is 0 Å². The Hall–Kier alpha value is -1.72. The van der Waals surface area contributed by atoms with Crippen molar-refractivity contribution in [2.75, 3.05) is 5.32 Å². The molecule has 3 rings (SSSR count). The summed E-state index contributed by atoms with van der Waals surface area (Å²) < 4.78 is 0.895. The van der Waals surface area contributed by atoms with Gasteiger partial charge < -0.3 is 5.32 Å². The molecule has 1 aromatic heterocycles. The molecule has 0 unspecified atom stereocenters. The summed E-state index contributed by atoms with van der Waals surface area (Å²) in [5.41, 5.74) is 3.03. The van der Waals surface area contributed by atoms with E-state index in [1.54, 1.807) is 6.07 Å². The predicted molar refractivity (Wildman–Crippen MR) is 84.1 cm³/mol. The van der Waals surface area contributed by atoms with Gasteiger partial charge in [-0.2, -0.15) is 0 Å². The number of hydrogen-bond acceptors (Lipinski definition) is 3. The number of rotatable bonds is 2. The third kappa shape index (κ3) is 2.34. The summed E-state index contributed by atoms with van der Waals surface area (Å²) in [5.74, 6) is -0.380. The molecule has 0 atom stereocenters. The van der Waals surface area contributed by atoms with Crippen LogP contribution in [-0.4, -0.2) is 11.7 Å². The molecule has 1 amide bonds. The van der Waals surface area contributed by atoms with Crippen LogP contribution in [-0.2, 0) is 4.79 Å². The van der Waals surface area contributed by atoms with E-state index in [0.29, 0.717) is 10.5 Å². The number of carbonyl (C=O) groups excluding carboxylic acids is 2. The van der Waals surface area contributed by atoms with Gasteiger partial charge in [-0.1, -0.05) is 11.6 Å². The van der Waals surface area contributed by atoms with Gasteiger partial charge in [-0.05, 0) is 47.1 Å². The number of allylic oxidation sites excluding steroid dienone is 1. The lowest BCUT2D eigenvalue weighted by Gasteiger charge is -1.99. The van der Waals surface area contributed by atoms with E-state index in [4.69, 9.17) is 0 Å². The number of hydrogen-bond donors (Lipinski definition) is 1. The van der Waals surface area contributed by atoms with Crippen molar-refractivity contribution in [3.05, 3.63) is 56.2 Å². The minimum absolute atomic E-state index is 0.153. The number of benzene rings is 1. The first-order valence-corrected chi connectivity index (χ1v) is 7.59. The van der Waals surface area contributed by atoms with Crippen LogP contribution in [0.2, 0.25) is 0 Å². The lowest BCUT2D eigenvalue weighted by molar-refractivity contribution is -0.110. The SMILES string of the molecule is Cc1ccc2c(c1)C(=CC(=O)c1ccc(Br)s1)C(=O)N2. The molecule has 1 aromatic carbocycles. The van der Waals surface area contributed by atoms with Gasteiger partial charge in [-0.25, -0.2) is 0 Å². The fraction of sp³-hybridized carbons (Fsp3) is 0.0667. The topological polar surface area (TPSA) is 46.2 Å². The first-order chi connectivity index (χ1) is 9.54. The van der Waals surface area contributed by atoms with E-state index < -0.39 is 0 Å². The van der Waals surface area contributed by atoms with Crippen molar-refractivity contribution in [2.24, 2.45) is 0 Å². The van der Waals surface area contributed by atoms with E-state index in [-0.39, 0.29) is 11.7 Å². The predicted octanol–water partition coefficient (Wildman–Crippen LogP) is 4.04. The molecule has 1 aliphatic heterocycles. The minimum atomic E-state index is -0.227. The highest BCUT2D eigenvalue weighted by Gasteiger charge is 2.25. The zero-order valence-electron chi connectivity index (χ0n) is 10.6. The molecule has 0 aliphatic carbocycles. The molecule has 2 aromatic rings. The Morgan fingerprint density at radius 2 is 2.10 bits per heavy atom. The molecule has 100 valence electrons. The molecule has 3 nitrogen and oxygen atoms in total. The van der Waals surface area contributed by atoms with Crippen molar-refractivity contribution in [2.45, 2.75) is 6.92 Å². The highest BCUT2D eigenvalue weighted by molar-refractivity contribution is 9.11. The van der Waals surface area contributed by atoms with E-state index in [1.165, 1.54) is 17.4 Å². The van der Waals surface area contributed by atoms with Gasteiger partial charge in [0, 0.05) is 17.3 Å². The summed E-state index contributed by atoms with van der Waals surface area (Å²) in [6.07, 6.45) is 1.42. The number of amides is 1. The molecule has 0 spiro atoms. The van der Waals surface area contributed by atoms with Crippen molar-refractivity contribution >= 4 is 50.2 Å². The number of aryl methyl sites for hydroxylation is 1. The van der Waals surface area contributed by atoms with Gasteiger partial charge in [0.05, 0.1) is 14.2 Å². The van der Waals surface area contributed by atoms with Crippen LogP contribution in [0.4, 0.5) is 5.69 Å². The zero-order valence-corrected chi connectivity index (χ0v) is 13.0. The molecule has 0 radical (unpaired) electrons. The summed E-state index contributed by atoms with van der Waals surface area (Å²) in [4.78, 5) is 24.8. The van der Waals surface area contributed by atoms with Crippen molar-refractivity contribution < 1.29 is 9.59 Å². The molecule has 0 bridgehead atoms. The van der Waals surface area contributed by atoms with E-state index >= 15 is 0 Å². The number of anilines is 1. The Bertz CT molecular complexity index is 761. The van der Waals surface area contributed by atoms with Gasteiger partial charge in [0.1, 0.15) is 0 Å². The van der Waals surface area contributed by atoms with E-state index in [0.717, 1.165) is 20.6 Å². The number of halogens is 1. The van der Waals surface area contributed by atoms with Crippen LogP contribution >= 0.6 is 27.3 Å².